The molecule has 2 atom stereocenters. The molecule has 0 aromatic heterocycles. The number of nitrogens with zero attached hydrogens (tertiary/aromatic N) is 1. The summed E-state index contributed by atoms with van der Waals surface area (Å²) in [6, 6.07) is 11.2. The third-order valence-corrected chi connectivity index (χ3v) is 4.84. The number of unbranched alkanes of at least 4 members (excludes halogenated alkanes) is 5. The van der Waals surface area contributed by atoms with E-state index in [1.807, 2.05) is 0 Å². The summed E-state index contributed by atoms with van der Waals surface area (Å²) in [6.07, 6.45) is 11.2. The molecule has 3 nitrogen and oxygen atoms in total. The number of hydrogen-bond donors (Lipinski definition) is 2. The van der Waals surface area contributed by atoms with Gasteiger partial charge in [-0.3, -0.25) is 4.90 Å². The van der Waals surface area contributed by atoms with Crippen molar-refractivity contribution < 1.29 is 0 Å². The molecule has 0 amide bonds. The third-order valence-electron chi connectivity index (χ3n) is 4.84. The summed E-state index contributed by atoms with van der Waals surface area (Å²) in [5.41, 5.74) is 14.2. The standard InChI is InChI=1S/C22H41N3/c1-3-5-7-12-16-22(24)19-25(17-20-13-10-8-11-14-20)18-21(23)15-9-6-4-2/h8,10-11,13-14,21-22H,3-7,9,12,15-19,23-24H2,1-2H3. The van der Waals surface area contributed by atoms with Gasteiger partial charge in [0.1, 0.15) is 0 Å². The molecule has 4 N–H and O–H groups in total. The molecular weight excluding hydrogens is 306 g/mol. The van der Waals surface area contributed by atoms with Crippen LogP contribution in [0.1, 0.15) is 77.2 Å². The predicted molar refractivity (Wildman–Crippen MR) is 111 cm³/mol. The highest BCUT2D eigenvalue weighted by atomic mass is 15.1. The minimum Gasteiger partial charge on any atom is -0.327 e. The van der Waals surface area contributed by atoms with Crippen molar-refractivity contribution in [2.24, 2.45) is 11.5 Å². The maximum Gasteiger partial charge on any atom is 0.0235 e. The van der Waals surface area contributed by atoms with Crippen LogP contribution in [-0.2, 0) is 6.54 Å². The third kappa shape index (κ3) is 11.4. The summed E-state index contributed by atoms with van der Waals surface area (Å²) >= 11 is 0. The van der Waals surface area contributed by atoms with E-state index >= 15 is 0 Å². The van der Waals surface area contributed by atoms with Crippen LogP contribution in [0.4, 0.5) is 0 Å². The average Bonchev–Trinajstić information content (AvgIpc) is 2.60. The van der Waals surface area contributed by atoms with Crippen LogP contribution in [0.25, 0.3) is 0 Å². The fourth-order valence-corrected chi connectivity index (χ4v) is 3.38. The molecule has 1 aromatic rings. The molecular formula is C22H41N3. The summed E-state index contributed by atoms with van der Waals surface area (Å²) < 4.78 is 0. The molecule has 0 aliphatic carbocycles. The van der Waals surface area contributed by atoms with Gasteiger partial charge >= 0.3 is 0 Å². The van der Waals surface area contributed by atoms with E-state index in [2.05, 4.69) is 49.1 Å². The molecule has 0 aliphatic rings. The quantitative estimate of drug-likeness (QED) is 0.452. The summed E-state index contributed by atoms with van der Waals surface area (Å²) in [6.45, 7) is 7.33. The topological polar surface area (TPSA) is 55.3 Å². The van der Waals surface area contributed by atoms with E-state index in [0.717, 1.165) is 32.5 Å². The lowest BCUT2D eigenvalue weighted by atomic mass is 10.1. The number of benzene rings is 1. The molecule has 25 heavy (non-hydrogen) atoms. The van der Waals surface area contributed by atoms with Crippen molar-refractivity contribution in [2.75, 3.05) is 13.1 Å². The van der Waals surface area contributed by atoms with Gasteiger partial charge < -0.3 is 11.5 Å². The van der Waals surface area contributed by atoms with E-state index in [0.29, 0.717) is 0 Å². The fourth-order valence-electron chi connectivity index (χ4n) is 3.38. The van der Waals surface area contributed by atoms with Gasteiger partial charge in [-0.25, -0.2) is 0 Å². The van der Waals surface area contributed by atoms with Crippen LogP contribution >= 0.6 is 0 Å². The van der Waals surface area contributed by atoms with E-state index < -0.39 is 0 Å². The Morgan fingerprint density at radius 2 is 1.28 bits per heavy atom. The molecule has 0 radical (unpaired) electrons. The molecule has 2 unspecified atom stereocenters. The van der Waals surface area contributed by atoms with E-state index in [4.69, 9.17) is 11.5 Å². The zero-order valence-electron chi connectivity index (χ0n) is 16.6. The van der Waals surface area contributed by atoms with Gasteiger partial charge in [0.2, 0.25) is 0 Å². The van der Waals surface area contributed by atoms with Crippen molar-refractivity contribution >= 4 is 0 Å². The zero-order valence-corrected chi connectivity index (χ0v) is 16.6. The number of rotatable bonds is 15. The first-order valence-corrected chi connectivity index (χ1v) is 10.4. The van der Waals surface area contributed by atoms with Gasteiger partial charge in [0.25, 0.3) is 0 Å². The zero-order chi connectivity index (χ0) is 18.3. The van der Waals surface area contributed by atoms with E-state index in [1.54, 1.807) is 0 Å². The Morgan fingerprint density at radius 1 is 0.760 bits per heavy atom. The van der Waals surface area contributed by atoms with Crippen LogP contribution in [-0.4, -0.2) is 30.1 Å². The first kappa shape index (κ1) is 22.1. The van der Waals surface area contributed by atoms with Crippen molar-refractivity contribution in [3.63, 3.8) is 0 Å². The van der Waals surface area contributed by atoms with Crippen LogP contribution < -0.4 is 11.5 Å². The second kappa shape index (κ2) is 14.3. The first-order chi connectivity index (χ1) is 12.2. The highest BCUT2D eigenvalue weighted by molar-refractivity contribution is 5.14. The number of nitrogens with two attached hydrogens (primary N) is 2. The lowest BCUT2D eigenvalue weighted by Crippen LogP contribution is -2.43. The van der Waals surface area contributed by atoms with Crippen LogP contribution in [0, 0.1) is 0 Å². The van der Waals surface area contributed by atoms with Gasteiger partial charge in [-0.2, -0.15) is 0 Å². The smallest absolute Gasteiger partial charge is 0.0235 e. The van der Waals surface area contributed by atoms with Gasteiger partial charge in [-0.05, 0) is 18.4 Å². The van der Waals surface area contributed by atoms with Gasteiger partial charge in [-0.15, -0.1) is 0 Å². The van der Waals surface area contributed by atoms with Crippen molar-refractivity contribution in [3.8, 4) is 0 Å². The SMILES string of the molecule is CCCCCCC(N)CN(Cc1ccccc1)CC(N)CCCCC. The van der Waals surface area contributed by atoms with Crippen LogP contribution in [0.2, 0.25) is 0 Å². The summed E-state index contributed by atoms with van der Waals surface area (Å²) in [7, 11) is 0. The second-order valence-corrected chi connectivity index (χ2v) is 7.54. The highest BCUT2D eigenvalue weighted by Crippen LogP contribution is 2.11. The van der Waals surface area contributed by atoms with Crippen LogP contribution in [0.3, 0.4) is 0 Å². The first-order valence-electron chi connectivity index (χ1n) is 10.4. The molecule has 1 rings (SSSR count). The Morgan fingerprint density at radius 3 is 1.84 bits per heavy atom. The molecule has 0 saturated heterocycles. The molecule has 144 valence electrons. The summed E-state index contributed by atoms with van der Waals surface area (Å²) in [5, 5.41) is 0. The van der Waals surface area contributed by atoms with Crippen LogP contribution in [0.5, 0.6) is 0 Å². The van der Waals surface area contributed by atoms with Crippen molar-refractivity contribution in [3.05, 3.63) is 35.9 Å². The van der Waals surface area contributed by atoms with Crippen molar-refractivity contribution in [1.29, 1.82) is 0 Å². The van der Waals surface area contributed by atoms with Gasteiger partial charge in [-0.1, -0.05) is 89.1 Å². The molecule has 0 bridgehead atoms. The summed E-state index contributed by atoms with van der Waals surface area (Å²) in [4.78, 5) is 2.47. The Kier molecular flexibility index (Phi) is 12.7. The van der Waals surface area contributed by atoms with E-state index in [-0.39, 0.29) is 12.1 Å². The fraction of sp³-hybridized carbons (Fsp3) is 0.727. The maximum atomic E-state index is 6.43. The Hall–Kier alpha value is -0.900. The Balaban J connectivity index is 2.48. The monoisotopic (exact) mass is 347 g/mol. The molecule has 0 aliphatic heterocycles. The maximum absolute atomic E-state index is 6.43. The largest absolute Gasteiger partial charge is 0.327 e. The van der Waals surface area contributed by atoms with Gasteiger partial charge in [0.15, 0.2) is 0 Å². The Labute approximate surface area is 156 Å². The van der Waals surface area contributed by atoms with Gasteiger partial charge in [0, 0.05) is 31.7 Å². The lowest BCUT2D eigenvalue weighted by Gasteiger charge is -2.28. The highest BCUT2D eigenvalue weighted by Gasteiger charge is 2.14. The predicted octanol–water partition coefficient (Wildman–Crippen LogP) is 4.69. The minimum atomic E-state index is 0.252. The molecule has 0 spiro atoms. The average molecular weight is 348 g/mol. The van der Waals surface area contributed by atoms with E-state index in [1.165, 1.54) is 50.5 Å². The molecule has 3 heteroatoms. The minimum absolute atomic E-state index is 0.252. The van der Waals surface area contributed by atoms with Crippen molar-refractivity contribution in [1.82, 2.24) is 4.90 Å². The Bertz CT molecular complexity index is 407. The summed E-state index contributed by atoms with van der Waals surface area (Å²) in [5.74, 6) is 0. The molecule has 0 heterocycles. The van der Waals surface area contributed by atoms with E-state index in [9.17, 15) is 0 Å². The molecule has 0 saturated carbocycles. The number of hydrogen-bond acceptors (Lipinski definition) is 3. The normalized spacial score (nSPS) is 14.0. The molecule has 0 fully saturated rings. The van der Waals surface area contributed by atoms with Crippen LogP contribution in [0.15, 0.2) is 30.3 Å². The second-order valence-electron chi connectivity index (χ2n) is 7.54. The van der Waals surface area contributed by atoms with Crippen molar-refractivity contribution in [2.45, 2.75) is 90.3 Å². The van der Waals surface area contributed by atoms with Gasteiger partial charge in [0.05, 0.1) is 0 Å². The lowest BCUT2D eigenvalue weighted by molar-refractivity contribution is 0.224. The molecule has 1 aromatic carbocycles.